The van der Waals surface area contributed by atoms with Crippen molar-refractivity contribution in [2.45, 2.75) is 13.3 Å². The van der Waals surface area contributed by atoms with Crippen molar-refractivity contribution in [3.63, 3.8) is 0 Å². The van der Waals surface area contributed by atoms with Crippen LogP contribution in [0, 0.1) is 24.1 Å². The molecule has 0 N–H and O–H groups in total. The third-order valence-electron chi connectivity index (χ3n) is 3.74. The van der Waals surface area contributed by atoms with Gasteiger partial charge in [0.2, 0.25) is 0 Å². The number of nitrogens with zero attached hydrogens (tertiary/aromatic N) is 4. The van der Waals surface area contributed by atoms with Gasteiger partial charge in [0.25, 0.3) is 0 Å². The fourth-order valence-electron chi connectivity index (χ4n) is 2.67. The molecule has 0 saturated carbocycles. The lowest BCUT2D eigenvalue weighted by atomic mass is 10.1. The summed E-state index contributed by atoms with van der Waals surface area (Å²) in [4.78, 5) is 10.6. The molecule has 3 rings (SSSR count). The van der Waals surface area contributed by atoms with Crippen LogP contribution in [0.5, 0.6) is 0 Å². The summed E-state index contributed by atoms with van der Waals surface area (Å²) in [6, 6.07) is 5.07. The number of fused-ring (bicyclic) bond motifs is 1. The fourth-order valence-corrected chi connectivity index (χ4v) is 3.28. The van der Waals surface area contributed by atoms with Gasteiger partial charge in [-0.2, -0.15) is 5.26 Å². The number of halogens is 1. The zero-order valence-electron chi connectivity index (χ0n) is 12.9. The number of aryl methyl sites for hydroxylation is 1. The SMILES string of the molecule is Cc1cc(F)cc2c(N(C)CCc3nccs3)c(C#N)cnc12. The molecule has 1 aromatic carbocycles. The number of nitriles is 1. The van der Waals surface area contributed by atoms with Gasteiger partial charge in [-0.3, -0.25) is 4.98 Å². The average Bonchev–Trinajstić information content (AvgIpc) is 3.04. The van der Waals surface area contributed by atoms with E-state index in [0.29, 0.717) is 17.5 Å². The second kappa shape index (κ2) is 6.31. The summed E-state index contributed by atoms with van der Waals surface area (Å²) in [5, 5.41) is 13.0. The van der Waals surface area contributed by atoms with Crippen LogP contribution in [-0.2, 0) is 6.42 Å². The Hall–Kier alpha value is -2.52. The second-order valence-corrected chi connectivity index (χ2v) is 6.33. The largest absolute Gasteiger partial charge is 0.373 e. The monoisotopic (exact) mass is 326 g/mol. The molecule has 0 unspecified atom stereocenters. The molecule has 3 aromatic rings. The van der Waals surface area contributed by atoms with Crippen LogP contribution in [0.15, 0.2) is 29.9 Å². The van der Waals surface area contributed by atoms with E-state index in [0.717, 1.165) is 28.2 Å². The topological polar surface area (TPSA) is 52.8 Å². The van der Waals surface area contributed by atoms with Crippen molar-refractivity contribution >= 4 is 27.9 Å². The van der Waals surface area contributed by atoms with E-state index in [9.17, 15) is 9.65 Å². The van der Waals surface area contributed by atoms with Gasteiger partial charge in [0.15, 0.2) is 0 Å². The second-order valence-electron chi connectivity index (χ2n) is 5.35. The van der Waals surface area contributed by atoms with E-state index >= 15 is 0 Å². The molecular formula is C17H15FN4S. The van der Waals surface area contributed by atoms with Gasteiger partial charge < -0.3 is 4.90 Å². The number of likely N-dealkylation sites (N-methyl/N-ethyl adjacent to an activating group) is 1. The van der Waals surface area contributed by atoms with Gasteiger partial charge in [-0.25, -0.2) is 9.37 Å². The van der Waals surface area contributed by atoms with Gasteiger partial charge in [0, 0.05) is 43.2 Å². The molecule has 0 aliphatic carbocycles. The van der Waals surface area contributed by atoms with Crippen molar-refractivity contribution in [1.82, 2.24) is 9.97 Å². The molecule has 116 valence electrons. The molecule has 2 aromatic heterocycles. The van der Waals surface area contributed by atoms with Crippen molar-refractivity contribution < 1.29 is 4.39 Å². The zero-order valence-corrected chi connectivity index (χ0v) is 13.7. The number of hydrogen-bond acceptors (Lipinski definition) is 5. The highest BCUT2D eigenvalue weighted by Crippen LogP contribution is 2.31. The third-order valence-corrected chi connectivity index (χ3v) is 4.58. The summed E-state index contributed by atoms with van der Waals surface area (Å²) < 4.78 is 13.8. The number of rotatable bonds is 4. The number of pyridine rings is 1. The highest BCUT2D eigenvalue weighted by atomic mass is 32.1. The first-order valence-corrected chi connectivity index (χ1v) is 8.06. The first-order chi connectivity index (χ1) is 11.1. The van der Waals surface area contributed by atoms with Gasteiger partial charge in [-0.15, -0.1) is 11.3 Å². The standard InChI is InChI=1S/C17H15FN4S/c1-11-7-13(18)8-14-16(11)21-10-12(9-19)17(14)22(2)5-3-15-20-4-6-23-15/h4,6-8,10H,3,5H2,1-2H3. The maximum atomic E-state index is 13.8. The van der Waals surface area contributed by atoms with E-state index in [-0.39, 0.29) is 5.82 Å². The number of hydrogen-bond donors (Lipinski definition) is 0. The smallest absolute Gasteiger partial charge is 0.124 e. The number of anilines is 1. The molecule has 0 atom stereocenters. The molecule has 0 aliphatic heterocycles. The Labute approximate surface area is 137 Å². The van der Waals surface area contributed by atoms with E-state index in [2.05, 4.69) is 16.0 Å². The molecule has 2 heterocycles. The quantitative estimate of drug-likeness (QED) is 0.734. The van der Waals surface area contributed by atoms with Gasteiger partial charge >= 0.3 is 0 Å². The molecular weight excluding hydrogens is 311 g/mol. The van der Waals surface area contributed by atoms with E-state index in [1.807, 2.05) is 24.3 Å². The Morgan fingerprint density at radius 2 is 2.17 bits per heavy atom. The Bertz CT molecular complexity index is 884. The van der Waals surface area contributed by atoms with E-state index < -0.39 is 0 Å². The normalized spacial score (nSPS) is 10.7. The highest BCUT2D eigenvalue weighted by molar-refractivity contribution is 7.09. The minimum absolute atomic E-state index is 0.318. The first-order valence-electron chi connectivity index (χ1n) is 7.18. The van der Waals surface area contributed by atoms with Crippen LogP contribution in [0.25, 0.3) is 10.9 Å². The van der Waals surface area contributed by atoms with Crippen LogP contribution in [-0.4, -0.2) is 23.6 Å². The molecule has 0 saturated heterocycles. The number of aromatic nitrogens is 2. The molecule has 6 heteroatoms. The summed E-state index contributed by atoms with van der Waals surface area (Å²) in [6.07, 6.45) is 4.11. The van der Waals surface area contributed by atoms with Crippen LogP contribution in [0.2, 0.25) is 0 Å². The molecule has 23 heavy (non-hydrogen) atoms. The first kappa shape index (κ1) is 15.4. The lowest BCUT2D eigenvalue weighted by Crippen LogP contribution is -2.22. The van der Waals surface area contributed by atoms with Gasteiger partial charge in [0.1, 0.15) is 11.9 Å². The summed E-state index contributed by atoms with van der Waals surface area (Å²) in [7, 11) is 1.91. The van der Waals surface area contributed by atoms with Crippen molar-refractivity contribution in [3.05, 3.63) is 51.9 Å². The van der Waals surface area contributed by atoms with Crippen molar-refractivity contribution in [2.24, 2.45) is 0 Å². The van der Waals surface area contributed by atoms with Crippen molar-refractivity contribution in [1.29, 1.82) is 5.26 Å². The van der Waals surface area contributed by atoms with E-state index in [4.69, 9.17) is 0 Å². The molecule has 0 amide bonds. The van der Waals surface area contributed by atoms with Crippen LogP contribution in [0.4, 0.5) is 10.1 Å². The Morgan fingerprint density at radius 1 is 1.35 bits per heavy atom. The average molecular weight is 326 g/mol. The van der Waals surface area contributed by atoms with Crippen LogP contribution < -0.4 is 4.90 Å². The molecule has 0 aliphatic rings. The molecule has 0 spiro atoms. The zero-order chi connectivity index (χ0) is 16.4. The summed E-state index contributed by atoms with van der Waals surface area (Å²) in [5.74, 6) is -0.318. The van der Waals surface area contributed by atoms with Crippen molar-refractivity contribution in [3.8, 4) is 6.07 Å². The van der Waals surface area contributed by atoms with E-state index in [1.165, 1.54) is 12.1 Å². The lowest BCUT2D eigenvalue weighted by Gasteiger charge is -2.22. The number of benzene rings is 1. The summed E-state index contributed by atoms with van der Waals surface area (Å²) in [5.41, 5.74) is 2.65. The third kappa shape index (κ3) is 3.01. The molecule has 4 nitrogen and oxygen atoms in total. The fraction of sp³-hybridized carbons (Fsp3) is 0.235. The molecule has 0 bridgehead atoms. The Balaban J connectivity index is 2.05. The number of thiazole rings is 1. The van der Waals surface area contributed by atoms with Crippen LogP contribution in [0.1, 0.15) is 16.1 Å². The Kier molecular flexibility index (Phi) is 4.22. The Morgan fingerprint density at radius 3 is 2.87 bits per heavy atom. The predicted octanol–water partition coefficient (Wildman–Crippen LogP) is 3.69. The van der Waals surface area contributed by atoms with Crippen LogP contribution in [0.3, 0.4) is 0 Å². The maximum absolute atomic E-state index is 13.8. The van der Waals surface area contributed by atoms with Gasteiger partial charge in [0.05, 0.1) is 21.8 Å². The minimum Gasteiger partial charge on any atom is -0.373 e. The lowest BCUT2D eigenvalue weighted by molar-refractivity contribution is 0.628. The van der Waals surface area contributed by atoms with Crippen molar-refractivity contribution in [2.75, 3.05) is 18.5 Å². The van der Waals surface area contributed by atoms with Crippen LogP contribution >= 0.6 is 11.3 Å². The van der Waals surface area contributed by atoms with Gasteiger partial charge in [-0.05, 0) is 24.6 Å². The maximum Gasteiger partial charge on any atom is 0.124 e. The predicted molar refractivity (Wildman–Crippen MR) is 90.2 cm³/mol. The molecule has 0 fully saturated rings. The highest BCUT2D eigenvalue weighted by Gasteiger charge is 2.15. The van der Waals surface area contributed by atoms with E-state index in [1.54, 1.807) is 23.7 Å². The summed E-state index contributed by atoms with van der Waals surface area (Å²) in [6.45, 7) is 2.51. The minimum atomic E-state index is -0.318. The molecule has 0 radical (unpaired) electrons. The summed E-state index contributed by atoms with van der Waals surface area (Å²) >= 11 is 1.60. The van der Waals surface area contributed by atoms with Gasteiger partial charge in [-0.1, -0.05) is 0 Å².